The van der Waals surface area contributed by atoms with Crippen molar-refractivity contribution in [1.82, 2.24) is 9.88 Å². The van der Waals surface area contributed by atoms with Crippen molar-refractivity contribution in [3.05, 3.63) is 24.0 Å². The van der Waals surface area contributed by atoms with Crippen LogP contribution in [0.5, 0.6) is 0 Å². The molecule has 0 spiro atoms. The van der Waals surface area contributed by atoms with Gasteiger partial charge in [0, 0.05) is 11.7 Å². The number of nitrogens with zero attached hydrogens (tertiary/aromatic N) is 1. The second-order valence-electron chi connectivity index (χ2n) is 4.78. The van der Waals surface area contributed by atoms with Crippen molar-refractivity contribution >= 4 is 11.9 Å². The number of nitrogens with one attached hydrogen (secondary N) is 1. The molecule has 0 aliphatic heterocycles. The largest absolute Gasteiger partial charge is 0.480 e. The van der Waals surface area contributed by atoms with E-state index < -0.39 is 5.97 Å². The SMILES string of the molecule is CC1(NC(=O)c2cccn2CC(=O)O)CCC1. The van der Waals surface area contributed by atoms with Crippen molar-refractivity contribution in [3.63, 3.8) is 0 Å². The van der Waals surface area contributed by atoms with Crippen LogP contribution in [0.3, 0.4) is 0 Å². The molecule has 0 radical (unpaired) electrons. The predicted octanol–water partition coefficient (Wildman–Crippen LogP) is 1.25. The third kappa shape index (κ3) is 2.49. The summed E-state index contributed by atoms with van der Waals surface area (Å²) in [7, 11) is 0. The average molecular weight is 236 g/mol. The maximum Gasteiger partial charge on any atom is 0.323 e. The van der Waals surface area contributed by atoms with Crippen LogP contribution in [-0.4, -0.2) is 27.1 Å². The van der Waals surface area contributed by atoms with Crippen LogP contribution in [0.2, 0.25) is 0 Å². The molecule has 1 heterocycles. The summed E-state index contributed by atoms with van der Waals surface area (Å²) < 4.78 is 1.44. The van der Waals surface area contributed by atoms with Crippen LogP contribution < -0.4 is 5.32 Å². The highest BCUT2D eigenvalue weighted by atomic mass is 16.4. The zero-order valence-electron chi connectivity index (χ0n) is 9.77. The number of rotatable bonds is 4. The molecule has 0 aromatic carbocycles. The molecule has 17 heavy (non-hydrogen) atoms. The molecule has 1 saturated carbocycles. The molecule has 1 fully saturated rings. The number of aromatic nitrogens is 1. The average Bonchev–Trinajstić information content (AvgIpc) is 2.62. The summed E-state index contributed by atoms with van der Waals surface area (Å²) >= 11 is 0. The minimum atomic E-state index is -0.954. The molecule has 2 rings (SSSR count). The van der Waals surface area contributed by atoms with E-state index in [4.69, 9.17) is 5.11 Å². The highest BCUT2D eigenvalue weighted by Crippen LogP contribution is 2.31. The maximum absolute atomic E-state index is 12.0. The predicted molar refractivity (Wildman–Crippen MR) is 61.8 cm³/mol. The van der Waals surface area contributed by atoms with Crippen LogP contribution in [0.15, 0.2) is 18.3 Å². The number of carbonyl (C=O) groups is 2. The van der Waals surface area contributed by atoms with E-state index >= 15 is 0 Å². The lowest BCUT2D eigenvalue weighted by molar-refractivity contribution is -0.137. The van der Waals surface area contributed by atoms with Crippen LogP contribution in [0.4, 0.5) is 0 Å². The van der Waals surface area contributed by atoms with E-state index in [2.05, 4.69) is 5.32 Å². The van der Waals surface area contributed by atoms with Crippen molar-refractivity contribution in [3.8, 4) is 0 Å². The third-order valence-corrected chi connectivity index (χ3v) is 3.24. The number of aliphatic carboxylic acids is 1. The van der Waals surface area contributed by atoms with Crippen molar-refractivity contribution in [2.45, 2.75) is 38.3 Å². The first-order chi connectivity index (χ1) is 8.00. The molecule has 5 nitrogen and oxygen atoms in total. The highest BCUT2D eigenvalue weighted by Gasteiger charge is 2.33. The fourth-order valence-corrected chi connectivity index (χ4v) is 2.07. The van der Waals surface area contributed by atoms with Gasteiger partial charge in [-0.15, -0.1) is 0 Å². The zero-order chi connectivity index (χ0) is 12.5. The molecule has 0 saturated heterocycles. The fourth-order valence-electron chi connectivity index (χ4n) is 2.07. The van der Waals surface area contributed by atoms with Crippen LogP contribution in [0.1, 0.15) is 36.7 Å². The highest BCUT2D eigenvalue weighted by molar-refractivity contribution is 5.93. The van der Waals surface area contributed by atoms with Crippen molar-refractivity contribution in [2.75, 3.05) is 0 Å². The minimum absolute atomic E-state index is 0.116. The van der Waals surface area contributed by atoms with Crippen LogP contribution in [0.25, 0.3) is 0 Å². The summed E-state index contributed by atoms with van der Waals surface area (Å²) in [6.45, 7) is 1.82. The van der Waals surface area contributed by atoms with Crippen LogP contribution >= 0.6 is 0 Å². The van der Waals surface area contributed by atoms with E-state index in [-0.39, 0.29) is 18.0 Å². The molecule has 1 aliphatic rings. The van der Waals surface area contributed by atoms with Gasteiger partial charge in [0.25, 0.3) is 5.91 Å². The Morgan fingerprint density at radius 1 is 1.53 bits per heavy atom. The first-order valence-corrected chi connectivity index (χ1v) is 5.70. The molecule has 5 heteroatoms. The van der Waals surface area contributed by atoms with Crippen LogP contribution in [-0.2, 0) is 11.3 Å². The minimum Gasteiger partial charge on any atom is -0.480 e. The fraction of sp³-hybridized carbons (Fsp3) is 0.500. The Hall–Kier alpha value is -1.78. The second-order valence-corrected chi connectivity index (χ2v) is 4.78. The van der Waals surface area contributed by atoms with E-state index in [0.29, 0.717) is 5.69 Å². The standard InChI is InChI=1S/C12H16N2O3/c1-12(5-3-6-12)13-11(17)9-4-2-7-14(9)8-10(15)16/h2,4,7H,3,5-6,8H2,1H3,(H,13,17)(H,15,16). The lowest BCUT2D eigenvalue weighted by atomic mass is 9.78. The Morgan fingerprint density at radius 2 is 2.24 bits per heavy atom. The van der Waals surface area contributed by atoms with Gasteiger partial charge < -0.3 is 15.0 Å². The Kier molecular flexibility index (Phi) is 2.92. The Morgan fingerprint density at radius 3 is 2.76 bits per heavy atom. The topological polar surface area (TPSA) is 71.3 Å². The van der Waals surface area contributed by atoms with Gasteiger partial charge in [0.15, 0.2) is 0 Å². The summed E-state index contributed by atoms with van der Waals surface area (Å²) in [5.41, 5.74) is 0.288. The van der Waals surface area contributed by atoms with Gasteiger partial charge in [-0.05, 0) is 38.3 Å². The van der Waals surface area contributed by atoms with Crippen molar-refractivity contribution in [1.29, 1.82) is 0 Å². The van der Waals surface area contributed by atoms with E-state index in [1.165, 1.54) is 4.57 Å². The number of carbonyl (C=O) groups excluding carboxylic acids is 1. The summed E-state index contributed by atoms with van der Waals surface area (Å²) in [6.07, 6.45) is 4.70. The van der Waals surface area contributed by atoms with Gasteiger partial charge >= 0.3 is 5.97 Å². The molecule has 2 N–H and O–H groups in total. The smallest absolute Gasteiger partial charge is 0.323 e. The van der Waals surface area contributed by atoms with Gasteiger partial charge in [-0.25, -0.2) is 0 Å². The van der Waals surface area contributed by atoms with E-state index in [1.54, 1.807) is 18.3 Å². The normalized spacial score (nSPS) is 17.2. The van der Waals surface area contributed by atoms with Gasteiger partial charge in [-0.1, -0.05) is 0 Å². The molecule has 1 amide bonds. The number of hydrogen-bond donors (Lipinski definition) is 2. The Bertz CT molecular complexity index is 446. The Labute approximate surface area is 99.4 Å². The summed E-state index contributed by atoms with van der Waals surface area (Å²) in [5.74, 6) is -1.15. The monoisotopic (exact) mass is 236 g/mol. The van der Waals surface area contributed by atoms with Gasteiger partial charge in [-0.2, -0.15) is 0 Å². The zero-order valence-corrected chi connectivity index (χ0v) is 9.77. The van der Waals surface area contributed by atoms with E-state index in [1.807, 2.05) is 6.92 Å². The first-order valence-electron chi connectivity index (χ1n) is 5.70. The molecule has 0 atom stereocenters. The Balaban J connectivity index is 2.08. The maximum atomic E-state index is 12.0. The van der Waals surface area contributed by atoms with Gasteiger partial charge in [0.2, 0.25) is 0 Å². The molecular weight excluding hydrogens is 220 g/mol. The summed E-state index contributed by atoms with van der Waals surface area (Å²) in [4.78, 5) is 22.6. The molecule has 0 unspecified atom stereocenters. The molecule has 1 aliphatic carbocycles. The molecule has 1 aromatic heterocycles. The van der Waals surface area contributed by atoms with Crippen LogP contribution in [0, 0.1) is 0 Å². The number of amides is 1. The summed E-state index contributed by atoms with van der Waals surface area (Å²) in [6, 6.07) is 3.32. The quantitative estimate of drug-likeness (QED) is 0.826. The van der Waals surface area contributed by atoms with Gasteiger partial charge in [0.05, 0.1) is 0 Å². The van der Waals surface area contributed by atoms with E-state index in [9.17, 15) is 9.59 Å². The van der Waals surface area contributed by atoms with E-state index in [0.717, 1.165) is 19.3 Å². The summed E-state index contributed by atoms with van der Waals surface area (Å²) in [5, 5.41) is 11.7. The lowest BCUT2D eigenvalue weighted by Gasteiger charge is -2.39. The van der Waals surface area contributed by atoms with Crippen molar-refractivity contribution < 1.29 is 14.7 Å². The van der Waals surface area contributed by atoms with Gasteiger partial charge in [-0.3, -0.25) is 9.59 Å². The number of hydrogen-bond acceptors (Lipinski definition) is 2. The second kappa shape index (κ2) is 4.24. The molecular formula is C12H16N2O3. The molecule has 1 aromatic rings. The molecule has 0 bridgehead atoms. The molecule has 92 valence electrons. The van der Waals surface area contributed by atoms with Crippen molar-refractivity contribution in [2.24, 2.45) is 0 Å². The number of carboxylic acids is 1. The third-order valence-electron chi connectivity index (χ3n) is 3.24. The first kappa shape index (κ1) is 11.7. The van der Waals surface area contributed by atoms with Gasteiger partial charge in [0.1, 0.15) is 12.2 Å². The number of carboxylic acid groups (broad SMARTS) is 1. The lowest BCUT2D eigenvalue weighted by Crippen LogP contribution is -2.51.